The van der Waals surface area contributed by atoms with Crippen molar-refractivity contribution in [2.24, 2.45) is 5.92 Å². The Hall–Kier alpha value is 0.334. The summed E-state index contributed by atoms with van der Waals surface area (Å²) < 4.78 is 6.26. The predicted molar refractivity (Wildman–Crippen MR) is 66.1 cm³/mol. The Morgan fingerprint density at radius 2 is 2.07 bits per heavy atom. The third kappa shape index (κ3) is 5.94. The van der Waals surface area contributed by atoms with E-state index in [1.165, 1.54) is 0 Å². The van der Waals surface area contributed by atoms with Crippen molar-refractivity contribution in [3.8, 4) is 12.3 Å². The normalized spacial score (nSPS) is 15.0. The second kappa shape index (κ2) is 6.75. The van der Waals surface area contributed by atoms with Gasteiger partial charge < -0.3 is 0 Å². The van der Waals surface area contributed by atoms with Gasteiger partial charge in [0.25, 0.3) is 0 Å². The van der Waals surface area contributed by atoms with Crippen molar-refractivity contribution >= 4 is 27.5 Å². The van der Waals surface area contributed by atoms with Crippen LogP contribution in [0.4, 0.5) is 0 Å². The molecule has 0 N–H and O–H groups in total. The van der Waals surface area contributed by atoms with Gasteiger partial charge in [0, 0.05) is 0 Å². The predicted octanol–water partition coefficient (Wildman–Crippen LogP) is 1.85. The van der Waals surface area contributed by atoms with Crippen LogP contribution < -0.4 is 0 Å². The molecule has 0 rings (SSSR count). The first-order valence-electron chi connectivity index (χ1n) is 5.45. The van der Waals surface area contributed by atoms with Gasteiger partial charge in [-0.3, -0.25) is 0 Å². The molecule has 0 bridgehead atoms. The first kappa shape index (κ1) is 14.3. The summed E-state index contributed by atoms with van der Waals surface area (Å²) >= 11 is 2.13. The maximum absolute atomic E-state index is 5.91. The Kier molecular flexibility index (Phi) is 6.91. The quantitative estimate of drug-likeness (QED) is 0.474. The Balaban J connectivity index is 3.77. The van der Waals surface area contributed by atoms with Gasteiger partial charge in [0.05, 0.1) is 0 Å². The molecule has 0 saturated carbocycles. The van der Waals surface area contributed by atoms with Crippen molar-refractivity contribution in [2.75, 3.05) is 0 Å². The van der Waals surface area contributed by atoms with Crippen molar-refractivity contribution in [3.05, 3.63) is 0 Å². The fourth-order valence-electron chi connectivity index (χ4n) is 0.894. The number of hydrogen-bond donors (Lipinski definition) is 0. The third-order valence-corrected chi connectivity index (χ3v) is 5.29. The zero-order valence-corrected chi connectivity index (χ0v) is 11.7. The Morgan fingerprint density at radius 3 is 2.50 bits per heavy atom. The van der Waals surface area contributed by atoms with Gasteiger partial charge in [0.2, 0.25) is 0 Å². The van der Waals surface area contributed by atoms with Crippen LogP contribution in [0.5, 0.6) is 0 Å². The Bertz CT molecular complexity index is 196. The van der Waals surface area contributed by atoms with Gasteiger partial charge in [0.15, 0.2) is 0 Å². The number of hydrogen-bond acceptors (Lipinski definition) is 1. The zero-order chi connectivity index (χ0) is 11.2. The van der Waals surface area contributed by atoms with Crippen LogP contribution in [-0.2, 0) is 4.43 Å². The summed E-state index contributed by atoms with van der Waals surface area (Å²) in [4.78, 5) is 0. The fraction of sp³-hybridized carbons (Fsp3) is 0.818. The van der Waals surface area contributed by atoms with Crippen LogP contribution in [0, 0.1) is 18.3 Å². The average Bonchev–Trinajstić information content (AvgIpc) is 2.11. The summed E-state index contributed by atoms with van der Waals surface area (Å²) in [6.45, 7) is 9.14. The zero-order valence-electron chi connectivity index (χ0n) is 10.3. The van der Waals surface area contributed by atoms with Gasteiger partial charge in [-0.2, -0.15) is 0 Å². The first-order valence-corrected chi connectivity index (χ1v) is 6.73. The molecule has 14 heavy (non-hydrogen) atoms. The maximum atomic E-state index is 5.91. The van der Waals surface area contributed by atoms with Gasteiger partial charge in [0.1, 0.15) is 0 Å². The van der Waals surface area contributed by atoms with Gasteiger partial charge in [-0.05, 0) is 0 Å². The molecular weight excluding hydrogens is 183 g/mol. The number of terminal acetylenes is 1. The Morgan fingerprint density at radius 1 is 1.50 bits per heavy atom. The van der Waals surface area contributed by atoms with E-state index in [1.54, 1.807) is 0 Å². The standard InChI is InChI=1S/C11H21OSi.Li/c1-6-7-8-9-12-13-11(4,5)10(2)3;/h1,9-10H,7-8,13H2,2-5H3;. The second-order valence-corrected chi connectivity index (χ2v) is 7.45. The van der Waals surface area contributed by atoms with Crippen LogP contribution in [-0.4, -0.2) is 32.3 Å². The van der Waals surface area contributed by atoms with Gasteiger partial charge in [-0.25, -0.2) is 0 Å². The van der Waals surface area contributed by atoms with E-state index in [9.17, 15) is 0 Å². The molecular formula is C11H21LiOSi. The molecule has 0 aliphatic heterocycles. The van der Waals surface area contributed by atoms with Gasteiger partial charge >= 0.3 is 101 Å². The van der Waals surface area contributed by atoms with Crippen molar-refractivity contribution < 1.29 is 4.43 Å². The molecule has 0 aromatic rings. The molecule has 0 amide bonds. The van der Waals surface area contributed by atoms with Gasteiger partial charge in [-0.15, -0.1) is 0 Å². The molecule has 0 fully saturated rings. The fourth-order valence-corrected chi connectivity index (χ4v) is 2.11. The topological polar surface area (TPSA) is 9.23 Å². The van der Waals surface area contributed by atoms with Crippen LogP contribution in [0.1, 0.15) is 40.5 Å². The molecule has 0 saturated heterocycles. The molecule has 0 radical (unpaired) electrons. The van der Waals surface area contributed by atoms with Crippen LogP contribution in [0.2, 0.25) is 5.04 Å². The molecule has 0 aromatic carbocycles. The van der Waals surface area contributed by atoms with E-state index < -0.39 is 9.76 Å². The molecule has 0 aliphatic carbocycles. The summed E-state index contributed by atoms with van der Waals surface area (Å²) in [5.41, 5.74) is 0. The van der Waals surface area contributed by atoms with Crippen molar-refractivity contribution in [1.82, 2.24) is 0 Å². The molecule has 0 heterocycles. The van der Waals surface area contributed by atoms with Crippen molar-refractivity contribution in [1.29, 1.82) is 0 Å². The first-order chi connectivity index (χ1) is 6.40. The van der Waals surface area contributed by atoms with Crippen LogP contribution >= 0.6 is 0 Å². The van der Waals surface area contributed by atoms with E-state index in [0.29, 0.717) is 15.7 Å². The molecule has 76 valence electrons. The van der Waals surface area contributed by atoms with Crippen LogP contribution in [0.3, 0.4) is 0 Å². The molecule has 0 aromatic heterocycles. The summed E-state index contributed by atoms with van der Waals surface area (Å²) in [6.07, 6.45) is 7.04. The van der Waals surface area contributed by atoms with Crippen LogP contribution in [0.25, 0.3) is 0 Å². The Labute approximate surface area is 101 Å². The minimum absolute atomic E-state index is 0.343. The third-order valence-electron chi connectivity index (χ3n) is 3.00. The molecule has 1 unspecified atom stereocenters. The number of rotatable bonds is 6. The van der Waals surface area contributed by atoms with Gasteiger partial charge in [-0.1, -0.05) is 0 Å². The monoisotopic (exact) mass is 204 g/mol. The van der Waals surface area contributed by atoms with E-state index in [-0.39, 0.29) is 0 Å². The van der Waals surface area contributed by atoms with E-state index in [4.69, 9.17) is 10.8 Å². The SMILES string of the molecule is [Li][CH](CCC#C)O[SiH2]C(C)(C)C(C)C. The summed E-state index contributed by atoms with van der Waals surface area (Å²) in [6, 6.07) is 0. The molecule has 1 nitrogen and oxygen atoms in total. The molecule has 0 spiro atoms. The summed E-state index contributed by atoms with van der Waals surface area (Å²) in [5, 5.41) is 0.393. The minimum atomic E-state index is -0.452. The van der Waals surface area contributed by atoms with E-state index in [2.05, 4.69) is 51.3 Å². The second-order valence-electron chi connectivity index (χ2n) is 5.01. The summed E-state index contributed by atoms with van der Waals surface area (Å²) in [7, 11) is -0.452. The average molecular weight is 204 g/mol. The molecule has 0 aliphatic rings. The van der Waals surface area contributed by atoms with E-state index in [0.717, 1.165) is 12.8 Å². The van der Waals surface area contributed by atoms with E-state index in [1.807, 2.05) is 0 Å². The molecule has 3 heteroatoms. The van der Waals surface area contributed by atoms with Crippen LogP contribution in [0.15, 0.2) is 0 Å². The van der Waals surface area contributed by atoms with Crippen molar-refractivity contribution in [3.63, 3.8) is 0 Å². The van der Waals surface area contributed by atoms with Crippen molar-refractivity contribution in [2.45, 2.75) is 50.4 Å². The van der Waals surface area contributed by atoms with E-state index >= 15 is 0 Å². The summed E-state index contributed by atoms with van der Waals surface area (Å²) in [5.74, 6) is 3.36. The molecule has 1 atom stereocenters.